The Bertz CT molecular complexity index is 515. The van der Waals surface area contributed by atoms with E-state index in [-0.39, 0.29) is 6.61 Å². The molecule has 1 saturated heterocycles. The first-order valence-corrected chi connectivity index (χ1v) is 6.55. The largest absolute Gasteiger partial charge is 0.487 e. The molecule has 0 bridgehead atoms. The zero-order valence-corrected chi connectivity index (χ0v) is 12.2. The number of nitrogens with zero attached hydrogens (tertiary/aromatic N) is 1. The number of aromatic nitrogens is 1. The summed E-state index contributed by atoms with van der Waals surface area (Å²) in [5.74, 6) is 1.04. The maximum atomic E-state index is 13.7. The highest BCUT2D eigenvalue weighted by Gasteiger charge is 2.49. The first kappa shape index (κ1) is 15.2. The van der Waals surface area contributed by atoms with E-state index in [1.165, 1.54) is 0 Å². The van der Waals surface area contributed by atoms with Crippen molar-refractivity contribution >= 4 is 13.2 Å². The number of aliphatic hydroxyl groups is 1. The van der Waals surface area contributed by atoms with E-state index in [1.54, 1.807) is 24.2 Å². The van der Waals surface area contributed by atoms with Crippen molar-refractivity contribution in [3.8, 4) is 0 Å². The smallest absolute Gasteiger partial charge is 0.400 e. The first-order valence-electron chi connectivity index (χ1n) is 6.55. The Labute approximate surface area is 118 Å². The fraction of sp³-hybridized carbons (Fsp3) is 0.500. The topological polar surface area (TPSA) is 51.6 Å². The number of aliphatic hydroxyl groups excluding tert-OH is 1. The van der Waals surface area contributed by atoms with Crippen LogP contribution in [0.25, 0.3) is 6.08 Å². The third-order valence-electron chi connectivity index (χ3n) is 3.80. The highest BCUT2D eigenvalue weighted by Crippen LogP contribution is 2.37. The summed E-state index contributed by atoms with van der Waals surface area (Å²) in [5, 5.41) is 8.88. The van der Waals surface area contributed by atoms with Gasteiger partial charge in [0.05, 0.1) is 23.5 Å². The minimum atomic E-state index is -0.621. The van der Waals surface area contributed by atoms with Crippen molar-refractivity contribution in [2.75, 3.05) is 0 Å². The summed E-state index contributed by atoms with van der Waals surface area (Å²) in [5.41, 5.74) is -0.203. The molecule has 6 heteroatoms. The number of halogens is 1. The fourth-order valence-electron chi connectivity index (χ4n) is 1.84. The molecule has 0 aromatic carbocycles. The molecule has 0 atom stereocenters. The molecule has 1 aromatic heterocycles. The molecule has 0 amide bonds. The highest BCUT2D eigenvalue weighted by molar-refractivity contribution is 6.52. The molecule has 4 nitrogen and oxygen atoms in total. The SMILES string of the molecule is CC1(C)OB(/C=C/c2ccc(CO)nc2F)OC1(C)C. The van der Waals surface area contributed by atoms with E-state index in [0.717, 1.165) is 0 Å². The lowest BCUT2D eigenvalue weighted by Gasteiger charge is -2.32. The van der Waals surface area contributed by atoms with Crippen molar-refractivity contribution in [3.63, 3.8) is 0 Å². The van der Waals surface area contributed by atoms with Crippen LogP contribution in [0.3, 0.4) is 0 Å². The minimum absolute atomic E-state index is 0.280. The van der Waals surface area contributed by atoms with Gasteiger partial charge in [0.25, 0.3) is 0 Å². The normalized spacial score (nSPS) is 20.8. The fourth-order valence-corrected chi connectivity index (χ4v) is 1.84. The number of hydrogen-bond donors (Lipinski definition) is 1. The first-order chi connectivity index (χ1) is 9.25. The maximum absolute atomic E-state index is 13.7. The van der Waals surface area contributed by atoms with Crippen LogP contribution in [0.1, 0.15) is 39.0 Å². The lowest BCUT2D eigenvalue weighted by Crippen LogP contribution is -2.41. The van der Waals surface area contributed by atoms with E-state index in [4.69, 9.17) is 14.4 Å². The Morgan fingerprint density at radius 1 is 1.25 bits per heavy atom. The second-order valence-corrected chi connectivity index (χ2v) is 5.82. The molecular weight excluding hydrogens is 260 g/mol. The summed E-state index contributed by atoms with van der Waals surface area (Å²) in [7, 11) is -0.517. The van der Waals surface area contributed by atoms with Crippen molar-refractivity contribution in [2.24, 2.45) is 0 Å². The van der Waals surface area contributed by atoms with Gasteiger partial charge >= 0.3 is 7.12 Å². The van der Waals surface area contributed by atoms with Crippen LogP contribution in [0.5, 0.6) is 0 Å². The predicted molar refractivity (Wildman–Crippen MR) is 75.2 cm³/mol. The second kappa shape index (κ2) is 5.28. The van der Waals surface area contributed by atoms with E-state index in [1.807, 2.05) is 27.7 Å². The zero-order chi connectivity index (χ0) is 15.0. The van der Waals surface area contributed by atoms with E-state index >= 15 is 0 Å². The average Bonchev–Trinajstić information content (AvgIpc) is 2.56. The van der Waals surface area contributed by atoms with Gasteiger partial charge in [0.15, 0.2) is 0 Å². The van der Waals surface area contributed by atoms with Crippen molar-refractivity contribution in [2.45, 2.75) is 45.5 Å². The van der Waals surface area contributed by atoms with Crippen LogP contribution < -0.4 is 0 Å². The molecule has 1 aromatic rings. The predicted octanol–water partition coefficient (Wildman–Crippen LogP) is 2.36. The summed E-state index contributed by atoms with van der Waals surface area (Å²) < 4.78 is 25.2. The van der Waals surface area contributed by atoms with Crippen LogP contribution in [0.15, 0.2) is 18.1 Å². The van der Waals surface area contributed by atoms with Crippen LogP contribution in [0, 0.1) is 5.95 Å². The molecule has 20 heavy (non-hydrogen) atoms. The summed E-state index contributed by atoms with van der Waals surface area (Å²) >= 11 is 0. The Balaban J connectivity index is 2.12. The van der Waals surface area contributed by atoms with Gasteiger partial charge in [-0.3, -0.25) is 0 Å². The second-order valence-electron chi connectivity index (χ2n) is 5.82. The van der Waals surface area contributed by atoms with Crippen molar-refractivity contribution < 1.29 is 18.8 Å². The summed E-state index contributed by atoms with van der Waals surface area (Å²) in [6.07, 6.45) is 1.58. The molecule has 0 aliphatic carbocycles. The Hall–Kier alpha value is -1.24. The zero-order valence-electron chi connectivity index (χ0n) is 12.2. The Morgan fingerprint density at radius 3 is 2.35 bits per heavy atom. The number of hydrogen-bond acceptors (Lipinski definition) is 4. The summed E-state index contributed by atoms with van der Waals surface area (Å²) in [6.45, 7) is 7.55. The van der Waals surface area contributed by atoms with Gasteiger partial charge in [-0.15, -0.1) is 0 Å². The molecule has 2 heterocycles. The molecule has 1 aliphatic rings. The number of rotatable bonds is 3. The molecule has 1 fully saturated rings. The van der Waals surface area contributed by atoms with E-state index in [2.05, 4.69) is 4.98 Å². The van der Waals surface area contributed by atoms with Crippen molar-refractivity contribution in [1.82, 2.24) is 4.98 Å². The van der Waals surface area contributed by atoms with Gasteiger partial charge in [0.2, 0.25) is 5.95 Å². The van der Waals surface area contributed by atoms with E-state index in [0.29, 0.717) is 11.3 Å². The van der Waals surface area contributed by atoms with Gasteiger partial charge in [-0.25, -0.2) is 4.98 Å². The standard InChI is InChI=1S/C14H19BFNO3/c1-13(2)14(3,4)20-15(19-13)8-7-10-5-6-11(9-18)17-12(10)16/h5-8,18H,9H2,1-4H3/b8-7+. The molecule has 1 N–H and O–H groups in total. The Morgan fingerprint density at radius 2 is 1.85 bits per heavy atom. The molecule has 108 valence electrons. The van der Waals surface area contributed by atoms with E-state index in [9.17, 15) is 4.39 Å². The van der Waals surface area contributed by atoms with Gasteiger partial charge in [0, 0.05) is 5.56 Å². The molecule has 0 unspecified atom stereocenters. The summed E-state index contributed by atoms with van der Waals surface area (Å²) in [4.78, 5) is 3.64. The lowest BCUT2D eigenvalue weighted by molar-refractivity contribution is 0.00578. The van der Waals surface area contributed by atoms with E-state index < -0.39 is 24.3 Å². The Kier molecular flexibility index (Phi) is 4.00. The maximum Gasteiger partial charge on any atom is 0.487 e. The molecule has 0 saturated carbocycles. The number of pyridine rings is 1. The minimum Gasteiger partial charge on any atom is -0.400 e. The molecule has 0 radical (unpaired) electrons. The van der Waals surface area contributed by atoms with Crippen LogP contribution in [-0.4, -0.2) is 28.4 Å². The third-order valence-corrected chi connectivity index (χ3v) is 3.80. The van der Waals surface area contributed by atoms with Gasteiger partial charge in [-0.05, 0) is 39.8 Å². The van der Waals surface area contributed by atoms with Crippen molar-refractivity contribution in [1.29, 1.82) is 0 Å². The summed E-state index contributed by atoms with van der Waals surface area (Å²) in [6, 6.07) is 3.14. The van der Waals surface area contributed by atoms with Crippen LogP contribution in [-0.2, 0) is 15.9 Å². The molecule has 1 aliphatic heterocycles. The van der Waals surface area contributed by atoms with Gasteiger partial charge in [-0.1, -0.05) is 12.1 Å². The van der Waals surface area contributed by atoms with Gasteiger partial charge in [-0.2, -0.15) is 4.39 Å². The quantitative estimate of drug-likeness (QED) is 0.681. The van der Waals surface area contributed by atoms with Crippen LogP contribution in [0.4, 0.5) is 4.39 Å². The van der Waals surface area contributed by atoms with Crippen molar-refractivity contribution in [3.05, 3.63) is 35.3 Å². The average molecular weight is 279 g/mol. The lowest BCUT2D eigenvalue weighted by atomic mass is 9.89. The van der Waals surface area contributed by atoms with Gasteiger partial charge < -0.3 is 14.4 Å². The third kappa shape index (κ3) is 2.92. The highest BCUT2D eigenvalue weighted by atomic mass is 19.1. The van der Waals surface area contributed by atoms with Crippen LogP contribution >= 0.6 is 0 Å². The molecular formula is C14H19BFNO3. The van der Waals surface area contributed by atoms with Gasteiger partial charge in [0.1, 0.15) is 0 Å². The molecule has 0 spiro atoms. The monoisotopic (exact) mass is 279 g/mol. The molecule has 2 rings (SSSR count). The van der Waals surface area contributed by atoms with Crippen LogP contribution in [0.2, 0.25) is 0 Å².